The quantitative estimate of drug-likeness (QED) is 0.806. The molecule has 1 saturated heterocycles. The summed E-state index contributed by atoms with van der Waals surface area (Å²) in [7, 11) is 0. The van der Waals surface area contributed by atoms with Crippen molar-refractivity contribution in [2.75, 3.05) is 26.2 Å². The maximum Gasteiger partial charge on any atom is 0.234 e. The summed E-state index contributed by atoms with van der Waals surface area (Å²) in [5.41, 5.74) is 1.03. The van der Waals surface area contributed by atoms with Gasteiger partial charge in [0, 0.05) is 25.6 Å². The summed E-state index contributed by atoms with van der Waals surface area (Å²) in [4.78, 5) is 19.0. The van der Waals surface area contributed by atoms with Gasteiger partial charge in [0.05, 0.1) is 21.8 Å². The molecule has 0 saturated carbocycles. The molecule has 6 heteroatoms. The van der Waals surface area contributed by atoms with Gasteiger partial charge in [-0.05, 0) is 37.9 Å². The molecule has 24 heavy (non-hydrogen) atoms. The maximum atomic E-state index is 12.2. The van der Waals surface area contributed by atoms with E-state index in [9.17, 15) is 4.79 Å². The predicted molar refractivity (Wildman–Crippen MR) is 97.2 cm³/mol. The summed E-state index contributed by atoms with van der Waals surface area (Å²) in [6.45, 7) is 2.21. The molecule has 1 unspecified atom stereocenters. The van der Waals surface area contributed by atoms with Crippen molar-refractivity contribution in [1.29, 1.82) is 0 Å². The van der Waals surface area contributed by atoms with Gasteiger partial charge in [-0.15, -0.1) is 11.3 Å². The Balaban J connectivity index is 1.45. The number of piperidine rings is 1. The van der Waals surface area contributed by atoms with Crippen LogP contribution in [-0.2, 0) is 11.2 Å². The smallest absolute Gasteiger partial charge is 0.234 e. The second-order valence-corrected chi connectivity index (χ2v) is 7.42. The highest BCUT2D eigenvalue weighted by molar-refractivity contribution is 7.18. The molecule has 5 nitrogen and oxygen atoms in total. The van der Waals surface area contributed by atoms with E-state index in [1.165, 1.54) is 11.1 Å². The van der Waals surface area contributed by atoms with Crippen molar-refractivity contribution in [2.45, 2.75) is 38.1 Å². The number of carbonyl (C=O) groups is 1. The Kier molecular flexibility index (Phi) is 6.18. The van der Waals surface area contributed by atoms with Crippen molar-refractivity contribution in [3.05, 3.63) is 29.3 Å². The van der Waals surface area contributed by atoms with Crippen molar-refractivity contribution in [2.24, 2.45) is 0 Å². The van der Waals surface area contributed by atoms with Crippen LogP contribution in [0.15, 0.2) is 24.3 Å². The Morgan fingerprint density at radius 3 is 3.08 bits per heavy atom. The summed E-state index contributed by atoms with van der Waals surface area (Å²) in [6.07, 6.45) is 4.95. The van der Waals surface area contributed by atoms with Crippen molar-refractivity contribution in [1.82, 2.24) is 15.2 Å². The number of aromatic nitrogens is 1. The number of nitrogens with one attached hydrogen (secondary N) is 1. The molecule has 1 fully saturated rings. The Morgan fingerprint density at radius 1 is 1.38 bits per heavy atom. The van der Waals surface area contributed by atoms with Crippen molar-refractivity contribution in [3.63, 3.8) is 0 Å². The van der Waals surface area contributed by atoms with E-state index < -0.39 is 0 Å². The van der Waals surface area contributed by atoms with Gasteiger partial charge in [-0.25, -0.2) is 4.98 Å². The SMILES string of the molecule is O=C(CN1CCCCC1CCO)NCCc1nc2ccccc2s1. The minimum absolute atomic E-state index is 0.0703. The molecule has 1 amide bonds. The number of fused-ring (bicyclic) bond motifs is 1. The van der Waals surface area contributed by atoms with E-state index in [-0.39, 0.29) is 12.5 Å². The number of rotatable bonds is 7. The van der Waals surface area contributed by atoms with Gasteiger partial charge in [0.15, 0.2) is 0 Å². The number of likely N-dealkylation sites (tertiary alicyclic amines) is 1. The maximum absolute atomic E-state index is 12.2. The van der Waals surface area contributed by atoms with Gasteiger partial charge < -0.3 is 10.4 Å². The largest absolute Gasteiger partial charge is 0.396 e. The Labute approximate surface area is 146 Å². The van der Waals surface area contributed by atoms with Crippen molar-refractivity contribution < 1.29 is 9.90 Å². The molecule has 1 aliphatic heterocycles. The van der Waals surface area contributed by atoms with Crippen LogP contribution in [0, 0.1) is 0 Å². The first-order valence-electron chi connectivity index (χ1n) is 8.72. The number of thiazole rings is 1. The van der Waals surface area contributed by atoms with Crippen molar-refractivity contribution in [3.8, 4) is 0 Å². The summed E-state index contributed by atoms with van der Waals surface area (Å²) < 4.78 is 1.19. The lowest BCUT2D eigenvalue weighted by Gasteiger charge is -2.34. The van der Waals surface area contributed by atoms with E-state index >= 15 is 0 Å². The number of amides is 1. The van der Waals surface area contributed by atoms with E-state index in [0.29, 0.717) is 19.1 Å². The number of benzene rings is 1. The number of aliphatic hydroxyl groups is 1. The second-order valence-electron chi connectivity index (χ2n) is 6.31. The summed E-state index contributed by atoms with van der Waals surface area (Å²) in [5, 5.41) is 13.2. The molecule has 1 atom stereocenters. The van der Waals surface area contributed by atoms with E-state index in [1.54, 1.807) is 11.3 Å². The molecule has 3 rings (SSSR count). The lowest BCUT2D eigenvalue weighted by atomic mass is 10.00. The zero-order valence-electron chi connectivity index (χ0n) is 13.9. The van der Waals surface area contributed by atoms with E-state index in [4.69, 9.17) is 5.11 Å². The number of aliphatic hydroxyl groups excluding tert-OH is 1. The average Bonchev–Trinajstić information content (AvgIpc) is 2.99. The van der Waals surface area contributed by atoms with Crippen molar-refractivity contribution >= 4 is 27.5 Å². The first-order chi connectivity index (χ1) is 11.8. The van der Waals surface area contributed by atoms with E-state index in [0.717, 1.165) is 42.8 Å². The third-order valence-corrected chi connectivity index (χ3v) is 5.65. The molecule has 1 aromatic heterocycles. The molecule has 1 aromatic carbocycles. The number of carbonyl (C=O) groups excluding carboxylic acids is 1. The monoisotopic (exact) mass is 347 g/mol. The molecule has 0 spiro atoms. The Bertz CT molecular complexity index is 638. The molecule has 2 heterocycles. The number of nitrogens with zero attached hydrogens (tertiary/aromatic N) is 2. The lowest BCUT2D eigenvalue weighted by molar-refractivity contribution is -0.123. The molecule has 0 aliphatic carbocycles. The molecular weight excluding hydrogens is 322 g/mol. The highest BCUT2D eigenvalue weighted by Gasteiger charge is 2.23. The summed E-state index contributed by atoms with van der Waals surface area (Å²) in [5.74, 6) is 0.0703. The number of para-hydroxylation sites is 1. The third kappa shape index (κ3) is 4.53. The summed E-state index contributed by atoms with van der Waals surface area (Å²) in [6, 6.07) is 8.46. The Hall–Kier alpha value is -1.50. The van der Waals surface area contributed by atoms with E-state index in [2.05, 4.69) is 21.3 Å². The van der Waals surface area contributed by atoms with Crippen LogP contribution in [0.5, 0.6) is 0 Å². The zero-order valence-corrected chi connectivity index (χ0v) is 14.7. The van der Waals surface area contributed by atoms with Gasteiger partial charge in [0.1, 0.15) is 0 Å². The lowest BCUT2D eigenvalue weighted by Crippen LogP contribution is -2.46. The molecule has 0 radical (unpaired) electrons. The first-order valence-corrected chi connectivity index (χ1v) is 9.54. The fourth-order valence-corrected chi connectivity index (χ4v) is 4.29. The van der Waals surface area contributed by atoms with Crippen LogP contribution in [0.2, 0.25) is 0 Å². The molecule has 130 valence electrons. The minimum atomic E-state index is 0.0703. The Morgan fingerprint density at radius 2 is 2.25 bits per heavy atom. The van der Waals surface area contributed by atoms with Gasteiger partial charge in [-0.3, -0.25) is 9.69 Å². The van der Waals surface area contributed by atoms with Gasteiger partial charge >= 0.3 is 0 Å². The number of hydrogen-bond acceptors (Lipinski definition) is 5. The van der Waals surface area contributed by atoms with Crippen LogP contribution >= 0.6 is 11.3 Å². The molecular formula is C18H25N3O2S. The average molecular weight is 347 g/mol. The van der Waals surface area contributed by atoms with Gasteiger partial charge in [0.2, 0.25) is 5.91 Å². The predicted octanol–water partition coefficient (Wildman–Crippen LogP) is 2.19. The fraction of sp³-hybridized carbons (Fsp3) is 0.556. The van der Waals surface area contributed by atoms with Crippen LogP contribution in [0.25, 0.3) is 10.2 Å². The summed E-state index contributed by atoms with van der Waals surface area (Å²) >= 11 is 1.69. The highest BCUT2D eigenvalue weighted by atomic mass is 32.1. The van der Waals surface area contributed by atoms with Crippen LogP contribution in [0.4, 0.5) is 0 Å². The number of hydrogen-bond donors (Lipinski definition) is 2. The van der Waals surface area contributed by atoms with Crippen LogP contribution in [0.3, 0.4) is 0 Å². The van der Waals surface area contributed by atoms with Crippen LogP contribution in [-0.4, -0.2) is 53.2 Å². The first kappa shape index (κ1) is 17.3. The van der Waals surface area contributed by atoms with Gasteiger partial charge in [-0.1, -0.05) is 18.6 Å². The fourth-order valence-electron chi connectivity index (χ4n) is 3.32. The zero-order chi connectivity index (χ0) is 16.8. The van der Waals surface area contributed by atoms with Crippen LogP contribution < -0.4 is 5.32 Å². The highest BCUT2D eigenvalue weighted by Crippen LogP contribution is 2.21. The molecule has 0 bridgehead atoms. The molecule has 2 N–H and O–H groups in total. The standard InChI is InChI=1S/C18H25N3O2S/c22-12-9-14-5-3-4-11-21(14)13-17(23)19-10-8-18-20-15-6-1-2-7-16(15)24-18/h1-2,6-7,14,22H,3-5,8-13H2,(H,19,23). The van der Waals surface area contributed by atoms with E-state index in [1.807, 2.05) is 18.2 Å². The van der Waals surface area contributed by atoms with Gasteiger partial charge in [0.25, 0.3) is 0 Å². The van der Waals surface area contributed by atoms with Gasteiger partial charge in [-0.2, -0.15) is 0 Å². The van der Waals surface area contributed by atoms with Crippen LogP contribution in [0.1, 0.15) is 30.7 Å². The normalized spacial score (nSPS) is 18.8. The topological polar surface area (TPSA) is 65.5 Å². The molecule has 2 aromatic rings. The molecule has 1 aliphatic rings. The minimum Gasteiger partial charge on any atom is -0.396 e. The second kappa shape index (κ2) is 8.55. The third-order valence-electron chi connectivity index (χ3n) is 4.56.